The predicted molar refractivity (Wildman–Crippen MR) is 325 cm³/mol. The number of ketones is 3. The molecule has 3 aromatic heterocycles. The van der Waals surface area contributed by atoms with E-state index in [-0.39, 0.29) is 41.3 Å². The number of allylic oxidation sites excluding steroid dienone is 1. The Labute approximate surface area is 502 Å². The molecule has 5 saturated carbocycles. The molecule has 12 nitrogen and oxygen atoms in total. The zero-order chi connectivity index (χ0) is 58.8. The van der Waals surface area contributed by atoms with E-state index in [1.54, 1.807) is 0 Å². The van der Waals surface area contributed by atoms with Gasteiger partial charge in [-0.3, -0.25) is 14.4 Å². The standard InChI is InChI=1S/C73H92N4O8/c1-66(2)65(85-66)53(80)35-68(4)44-15-11-12-21-71-23-19-54-67(3,24-28-74-7)64(82)57-46-20-27-75-59(46)41-18-22-72(57,34-41)70(54,6)63(71)62(81)49(56-58(68)52(79)36-69(56,71)5)39-77-38-48(60-61(77)43(31-44)37-76-60)55-47-32-42(40-13-9-8-10-14-40)33-50(45(47)16-17-51(55)78)73(83)25-29-84-30-26-73/h20,27,32-33,37-38,40-41,44,49,53-55,57,62-63,65,74-76,80-81,83H,8-10,13-19,21-26,28-31,34-36,39H2,1-7H3. The van der Waals surface area contributed by atoms with E-state index < -0.39 is 67.7 Å². The van der Waals surface area contributed by atoms with E-state index in [2.05, 4.69) is 96.2 Å². The number of aromatic nitrogens is 3. The Morgan fingerprint density at radius 2 is 1.66 bits per heavy atom. The topological polar surface area (TPSA) is 182 Å². The van der Waals surface area contributed by atoms with E-state index in [0.717, 1.165) is 101 Å². The highest BCUT2D eigenvalue weighted by Crippen LogP contribution is 2.84. The molecule has 0 amide bonds. The Bertz CT molecular complexity index is 3590. The summed E-state index contributed by atoms with van der Waals surface area (Å²) in [4.78, 5) is 55.5. The van der Waals surface area contributed by atoms with Gasteiger partial charge in [0.2, 0.25) is 0 Å². The van der Waals surface area contributed by atoms with Crippen LogP contribution in [0.15, 0.2) is 47.9 Å². The summed E-state index contributed by atoms with van der Waals surface area (Å²) < 4.78 is 14.5. The van der Waals surface area contributed by atoms with Gasteiger partial charge in [0.05, 0.1) is 46.3 Å². The number of H-pyrrole nitrogens is 2. The van der Waals surface area contributed by atoms with Crippen LogP contribution >= 0.6 is 0 Å². The Balaban J connectivity index is 0.933. The molecular weight excluding hydrogens is 1060 g/mol. The van der Waals surface area contributed by atoms with Crippen LogP contribution in [0.3, 0.4) is 0 Å². The van der Waals surface area contributed by atoms with Crippen molar-refractivity contribution in [3.8, 4) is 11.8 Å². The molecule has 2 spiro atoms. The van der Waals surface area contributed by atoms with Gasteiger partial charge in [-0.15, -0.1) is 11.8 Å². The molecule has 2 saturated heterocycles. The monoisotopic (exact) mass is 1150 g/mol. The molecule has 9 aliphatic carbocycles. The molecule has 4 aromatic rings. The van der Waals surface area contributed by atoms with Crippen molar-refractivity contribution in [3.05, 3.63) is 92.6 Å². The highest BCUT2D eigenvalue weighted by atomic mass is 16.6. The first kappa shape index (κ1) is 55.7. The number of hydrogen-bond donors (Lipinski definition) is 6. The van der Waals surface area contributed by atoms with Crippen molar-refractivity contribution in [1.29, 1.82) is 0 Å². The number of nitrogens with one attached hydrogen (secondary N) is 3. The number of aromatic amines is 2. The molecule has 12 aliphatic rings. The molecule has 7 bridgehead atoms. The summed E-state index contributed by atoms with van der Waals surface area (Å²) in [5.41, 5.74) is 7.21. The van der Waals surface area contributed by atoms with E-state index in [9.17, 15) is 15.3 Å². The molecule has 16 unspecified atom stereocenters. The van der Waals surface area contributed by atoms with Crippen molar-refractivity contribution in [1.82, 2.24) is 19.9 Å². The van der Waals surface area contributed by atoms with Crippen LogP contribution in [0.5, 0.6) is 0 Å². The van der Waals surface area contributed by atoms with E-state index in [0.29, 0.717) is 108 Å². The van der Waals surface area contributed by atoms with E-state index >= 15 is 14.4 Å². The fourth-order valence-electron chi connectivity index (χ4n) is 23.7. The first-order chi connectivity index (χ1) is 40.7. The van der Waals surface area contributed by atoms with Gasteiger partial charge in [0.15, 0.2) is 5.78 Å². The number of carbonyl (C=O) groups is 3. The van der Waals surface area contributed by atoms with Crippen molar-refractivity contribution in [2.24, 2.45) is 56.2 Å². The van der Waals surface area contributed by atoms with Crippen molar-refractivity contribution in [2.45, 2.75) is 230 Å². The highest BCUT2D eigenvalue weighted by Gasteiger charge is 2.81. The lowest BCUT2D eigenvalue weighted by Crippen LogP contribution is -2.74. The van der Waals surface area contributed by atoms with Crippen LogP contribution < -0.4 is 5.32 Å². The molecule has 85 heavy (non-hydrogen) atoms. The van der Waals surface area contributed by atoms with Gasteiger partial charge in [0, 0.05) is 116 Å². The molecule has 7 fully saturated rings. The quantitative estimate of drug-likeness (QED) is 0.0702. The van der Waals surface area contributed by atoms with Gasteiger partial charge < -0.3 is 44.6 Å². The molecule has 452 valence electrons. The molecule has 16 atom stereocenters. The van der Waals surface area contributed by atoms with Crippen molar-refractivity contribution < 1.29 is 39.2 Å². The molecule has 6 heterocycles. The number of carbonyl (C=O) groups excluding carboxylic acids is 3. The summed E-state index contributed by atoms with van der Waals surface area (Å²) in [6.07, 6.45) is 19.4. The molecule has 16 rings (SSSR count). The lowest BCUT2D eigenvalue weighted by Gasteiger charge is -2.76. The Morgan fingerprint density at radius 1 is 0.882 bits per heavy atom. The van der Waals surface area contributed by atoms with Gasteiger partial charge in [-0.25, -0.2) is 0 Å². The number of epoxide rings is 1. The minimum absolute atomic E-state index is 0.0250. The smallest absolute Gasteiger partial charge is 0.160 e. The number of aliphatic hydroxyl groups excluding tert-OH is 2. The third kappa shape index (κ3) is 7.23. The van der Waals surface area contributed by atoms with Crippen LogP contribution in [0.1, 0.15) is 225 Å². The summed E-state index contributed by atoms with van der Waals surface area (Å²) in [5, 5.41) is 43.8. The number of fused-ring (bicyclic) bond motifs is 8. The second-order valence-electron chi connectivity index (χ2n) is 31.6. The van der Waals surface area contributed by atoms with Gasteiger partial charge in [0.1, 0.15) is 17.7 Å². The fraction of sp³-hybridized carbons (Fsp3) is 0.685. The van der Waals surface area contributed by atoms with Crippen LogP contribution in [0.2, 0.25) is 0 Å². The minimum Gasteiger partial charge on any atom is -0.392 e. The van der Waals surface area contributed by atoms with Crippen LogP contribution in [0, 0.1) is 68.0 Å². The number of aliphatic hydroxyl groups is 3. The maximum Gasteiger partial charge on any atom is 0.160 e. The number of rotatable bonds is 9. The van der Waals surface area contributed by atoms with E-state index in [1.165, 1.54) is 30.5 Å². The largest absolute Gasteiger partial charge is 0.392 e. The van der Waals surface area contributed by atoms with Crippen LogP contribution in [0.4, 0.5) is 0 Å². The van der Waals surface area contributed by atoms with Gasteiger partial charge >= 0.3 is 0 Å². The molecule has 6 N–H and O–H groups in total. The Morgan fingerprint density at radius 3 is 2.42 bits per heavy atom. The average Bonchev–Trinajstić information content (AvgIpc) is 1.64. The van der Waals surface area contributed by atoms with Crippen molar-refractivity contribution in [3.63, 3.8) is 0 Å². The third-order valence-electron chi connectivity index (χ3n) is 27.7. The van der Waals surface area contributed by atoms with Gasteiger partial charge in [-0.2, -0.15) is 0 Å². The zero-order valence-electron chi connectivity index (χ0n) is 51.6. The van der Waals surface area contributed by atoms with Crippen LogP contribution in [-0.4, -0.2) is 97.9 Å². The average molecular weight is 1150 g/mol. The summed E-state index contributed by atoms with van der Waals surface area (Å²) in [6, 6.07) is 6.90. The zero-order valence-corrected chi connectivity index (χ0v) is 51.6. The molecule has 0 radical (unpaired) electrons. The summed E-state index contributed by atoms with van der Waals surface area (Å²) in [5.74, 6) is 7.16. The van der Waals surface area contributed by atoms with E-state index in [1.807, 2.05) is 20.9 Å². The number of nitrogens with zero attached hydrogens (tertiary/aromatic N) is 1. The third-order valence-corrected chi connectivity index (χ3v) is 27.7. The number of Topliss-reactive ketones (excluding diaryl/α,β-unsaturated/α-hetero) is 3. The SMILES string of the molecule is CNCCC1(C)C(=O)C2c3cc[nH]c3C3CCC2(C3)C2(C)C1CCC13CC#CCC4Cc5c[nH]c6c(C7C(=O)CCc8c7cc(C7CCCCC7)cc8C7(O)CCOCC7)cn(c56)CC(C5=C(C(=O)CC51C)C4(C)CC(O)C1OC1(C)C)C(O)C32. The van der Waals surface area contributed by atoms with E-state index in [4.69, 9.17) is 9.47 Å². The lowest BCUT2D eigenvalue weighted by atomic mass is 9.27. The first-order valence-electron chi connectivity index (χ1n) is 33.5. The highest BCUT2D eigenvalue weighted by molar-refractivity contribution is 6.02. The lowest BCUT2D eigenvalue weighted by molar-refractivity contribution is -0.270. The van der Waals surface area contributed by atoms with Crippen molar-refractivity contribution >= 4 is 28.4 Å². The molecular formula is C73H92N4O8. The van der Waals surface area contributed by atoms with Gasteiger partial charge in [0.25, 0.3) is 0 Å². The summed E-state index contributed by atoms with van der Waals surface area (Å²) in [7, 11) is 1.99. The predicted octanol–water partition coefficient (Wildman–Crippen LogP) is 11.4. The minimum atomic E-state index is -1.05. The van der Waals surface area contributed by atoms with Crippen LogP contribution in [-0.2, 0) is 48.8 Å². The first-order valence-corrected chi connectivity index (χ1v) is 33.5. The van der Waals surface area contributed by atoms with Crippen LogP contribution in [0.25, 0.3) is 11.0 Å². The fourth-order valence-corrected chi connectivity index (χ4v) is 23.7. The summed E-state index contributed by atoms with van der Waals surface area (Å²) in [6.45, 7) is 15.7. The maximum atomic E-state index is 16.4. The normalized spacial score (nSPS) is 41.4. The molecule has 3 aliphatic heterocycles. The number of ether oxygens (including phenoxy) is 2. The number of benzene rings is 1. The maximum absolute atomic E-state index is 16.4. The Kier molecular flexibility index (Phi) is 12.3. The second-order valence-corrected chi connectivity index (χ2v) is 31.6. The summed E-state index contributed by atoms with van der Waals surface area (Å²) >= 11 is 0. The van der Waals surface area contributed by atoms with Gasteiger partial charge in [-0.1, -0.05) is 59.1 Å². The molecule has 12 heteroatoms. The number of hydrogen-bond acceptors (Lipinski definition) is 9. The van der Waals surface area contributed by atoms with Gasteiger partial charge in [-0.05, 0) is 189 Å². The second kappa shape index (κ2) is 18.7. The molecule has 1 aromatic carbocycles. The van der Waals surface area contributed by atoms with Crippen molar-refractivity contribution in [2.75, 3.05) is 26.8 Å². The Hall–Kier alpha value is -4.61.